The maximum atomic E-state index is 13.1. The van der Waals surface area contributed by atoms with Crippen molar-refractivity contribution in [2.24, 2.45) is 7.05 Å². The third kappa shape index (κ3) is 3.90. The van der Waals surface area contributed by atoms with Crippen LogP contribution in [0.5, 0.6) is 0 Å². The topological polar surface area (TPSA) is 63.1 Å². The molecule has 1 unspecified atom stereocenters. The van der Waals surface area contributed by atoms with Gasteiger partial charge in [-0.25, -0.2) is 9.18 Å². The molecule has 7 heteroatoms. The Morgan fingerprint density at radius 1 is 1.46 bits per heavy atom. The van der Waals surface area contributed by atoms with Gasteiger partial charge in [0, 0.05) is 32.6 Å². The zero-order valence-electron chi connectivity index (χ0n) is 13.8. The Balaban J connectivity index is 1.50. The van der Waals surface area contributed by atoms with Gasteiger partial charge in [-0.3, -0.25) is 0 Å². The van der Waals surface area contributed by atoms with Gasteiger partial charge in [0.2, 0.25) is 0 Å². The lowest BCUT2D eigenvalue weighted by Gasteiger charge is -2.32. The molecule has 2 heterocycles. The van der Waals surface area contributed by atoms with Gasteiger partial charge < -0.3 is 14.8 Å². The average molecular weight is 331 g/mol. The molecular formula is C17H22FN5O. The van der Waals surface area contributed by atoms with Crippen molar-refractivity contribution in [1.82, 2.24) is 25.0 Å². The van der Waals surface area contributed by atoms with Crippen molar-refractivity contribution in [3.8, 4) is 0 Å². The predicted octanol–water partition coefficient (Wildman–Crippen LogP) is 2.09. The van der Waals surface area contributed by atoms with E-state index in [9.17, 15) is 9.18 Å². The minimum Gasteiger partial charge on any atom is -0.338 e. The molecule has 1 N–H and O–H groups in total. The van der Waals surface area contributed by atoms with Gasteiger partial charge in [-0.05, 0) is 37.0 Å². The van der Waals surface area contributed by atoms with E-state index in [4.69, 9.17) is 0 Å². The molecule has 3 rings (SSSR count). The molecule has 2 amide bonds. The van der Waals surface area contributed by atoms with Crippen LogP contribution in [0.2, 0.25) is 0 Å². The number of aromatic nitrogens is 3. The Kier molecular flexibility index (Phi) is 5.08. The summed E-state index contributed by atoms with van der Waals surface area (Å²) in [6, 6.07) is 6.39. The van der Waals surface area contributed by atoms with E-state index >= 15 is 0 Å². The van der Waals surface area contributed by atoms with E-state index in [-0.39, 0.29) is 17.8 Å². The van der Waals surface area contributed by atoms with Gasteiger partial charge in [-0.1, -0.05) is 12.1 Å². The van der Waals surface area contributed by atoms with Crippen molar-refractivity contribution in [2.45, 2.75) is 25.2 Å². The first-order valence-corrected chi connectivity index (χ1v) is 8.24. The Hall–Kier alpha value is -2.44. The molecule has 0 aliphatic carbocycles. The molecular weight excluding hydrogens is 309 g/mol. The van der Waals surface area contributed by atoms with Gasteiger partial charge in [0.1, 0.15) is 18.0 Å². The van der Waals surface area contributed by atoms with Crippen molar-refractivity contribution < 1.29 is 9.18 Å². The van der Waals surface area contributed by atoms with E-state index in [0.29, 0.717) is 19.5 Å². The van der Waals surface area contributed by atoms with E-state index in [0.717, 1.165) is 30.8 Å². The van der Waals surface area contributed by atoms with Crippen LogP contribution in [0, 0.1) is 5.82 Å². The molecule has 6 nitrogen and oxygen atoms in total. The lowest BCUT2D eigenvalue weighted by molar-refractivity contribution is 0.178. The number of rotatable bonds is 4. The number of likely N-dealkylation sites (tertiary alicyclic amines) is 1. The Bertz CT molecular complexity index is 702. The van der Waals surface area contributed by atoms with Gasteiger partial charge in [0.25, 0.3) is 0 Å². The summed E-state index contributed by atoms with van der Waals surface area (Å²) in [7, 11) is 1.92. The number of piperidine rings is 1. The molecule has 1 aromatic heterocycles. The number of urea groups is 1. The van der Waals surface area contributed by atoms with Gasteiger partial charge in [-0.15, -0.1) is 10.2 Å². The van der Waals surface area contributed by atoms with Crippen molar-refractivity contribution >= 4 is 6.03 Å². The summed E-state index contributed by atoms with van der Waals surface area (Å²) in [5, 5.41) is 11.0. The number of nitrogens with zero attached hydrogens (tertiary/aromatic N) is 4. The number of halogens is 1. The highest BCUT2D eigenvalue weighted by Gasteiger charge is 2.27. The molecule has 1 fully saturated rings. The zero-order valence-corrected chi connectivity index (χ0v) is 13.8. The highest BCUT2D eigenvalue weighted by Crippen LogP contribution is 2.24. The van der Waals surface area contributed by atoms with Gasteiger partial charge in [0.05, 0.1) is 0 Å². The first-order chi connectivity index (χ1) is 11.6. The number of amides is 2. The third-order valence-electron chi connectivity index (χ3n) is 4.40. The summed E-state index contributed by atoms with van der Waals surface area (Å²) in [5.41, 5.74) is 0.880. The maximum Gasteiger partial charge on any atom is 0.317 e. The highest BCUT2D eigenvalue weighted by molar-refractivity contribution is 5.74. The van der Waals surface area contributed by atoms with Crippen LogP contribution in [0.25, 0.3) is 0 Å². The molecule has 2 aromatic rings. The van der Waals surface area contributed by atoms with Gasteiger partial charge in [0.15, 0.2) is 0 Å². The van der Waals surface area contributed by atoms with Crippen LogP contribution in [0.3, 0.4) is 0 Å². The van der Waals surface area contributed by atoms with Crippen LogP contribution < -0.4 is 5.32 Å². The fourth-order valence-electron chi connectivity index (χ4n) is 3.15. The average Bonchev–Trinajstić information content (AvgIpc) is 3.01. The molecule has 0 saturated carbocycles. The Morgan fingerprint density at radius 3 is 3.08 bits per heavy atom. The lowest BCUT2D eigenvalue weighted by Crippen LogP contribution is -2.45. The molecule has 1 aliphatic rings. The largest absolute Gasteiger partial charge is 0.338 e. The molecule has 0 spiro atoms. The standard InChI is InChI=1S/C17H22FN5O/c1-22-12-20-21-16(22)14-5-3-9-23(11-14)17(24)19-8-7-13-4-2-6-15(18)10-13/h2,4,6,10,12,14H,3,5,7-9,11H2,1H3,(H,19,24). The second-order valence-electron chi connectivity index (χ2n) is 6.20. The number of aryl methyl sites for hydroxylation is 1. The third-order valence-corrected chi connectivity index (χ3v) is 4.40. The highest BCUT2D eigenvalue weighted by atomic mass is 19.1. The predicted molar refractivity (Wildman–Crippen MR) is 88.1 cm³/mol. The van der Waals surface area contributed by atoms with Crippen molar-refractivity contribution in [1.29, 1.82) is 0 Å². The summed E-state index contributed by atoms with van der Waals surface area (Å²) in [4.78, 5) is 14.2. The molecule has 1 saturated heterocycles. The van der Waals surface area contributed by atoms with E-state index < -0.39 is 0 Å². The SMILES string of the molecule is Cn1cnnc1C1CCCN(C(=O)NCCc2cccc(F)c2)C1. The number of benzene rings is 1. The minimum absolute atomic E-state index is 0.0710. The Morgan fingerprint density at radius 2 is 2.33 bits per heavy atom. The first-order valence-electron chi connectivity index (χ1n) is 8.24. The summed E-state index contributed by atoms with van der Waals surface area (Å²) < 4.78 is 15.1. The van der Waals surface area contributed by atoms with Crippen molar-refractivity contribution in [3.05, 3.63) is 47.8 Å². The second kappa shape index (κ2) is 7.42. The summed E-state index contributed by atoms with van der Waals surface area (Å²) in [6.07, 6.45) is 4.27. The van der Waals surface area contributed by atoms with Gasteiger partial charge in [-0.2, -0.15) is 0 Å². The number of hydrogen-bond acceptors (Lipinski definition) is 3. The van der Waals surface area contributed by atoms with Crippen LogP contribution in [-0.4, -0.2) is 45.3 Å². The smallest absolute Gasteiger partial charge is 0.317 e. The molecule has 128 valence electrons. The van der Waals surface area contributed by atoms with Crippen LogP contribution in [0.1, 0.15) is 30.1 Å². The van der Waals surface area contributed by atoms with E-state index in [1.807, 2.05) is 22.6 Å². The monoisotopic (exact) mass is 331 g/mol. The Labute approximate surface area is 140 Å². The van der Waals surface area contributed by atoms with E-state index in [2.05, 4.69) is 15.5 Å². The van der Waals surface area contributed by atoms with Crippen molar-refractivity contribution in [3.63, 3.8) is 0 Å². The quantitative estimate of drug-likeness (QED) is 0.933. The summed E-state index contributed by atoms with van der Waals surface area (Å²) in [6.45, 7) is 1.89. The summed E-state index contributed by atoms with van der Waals surface area (Å²) in [5.74, 6) is 0.897. The van der Waals surface area contributed by atoms with Crippen LogP contribution in [-0.2, 0) is 13.5 Å². The van der Waals surface area contributed by atoms with Crippen LogP contribution in [0.15, 0.2) is 30.6 Å². The first kappa shape index (κ1) is 16.4. The molecule has 24 heavy (non-hydrogen) atoms. The lowest BCUT2D eigenvalue weighted by atomic mass is 9.97. The van der Waals surface area contributed by atoms with Crippen molar-refractivity contribution in [2.75, 3.05) is 19.6 Å². The van der Waals surface area contributed by atoms with Crippen LogP contribution in [0.4, 0.5) is 9.18 Å². The summed E-state index contributed by atoms with van der Waals surface area (Å²) >= 11 is 0. The number of carbonyl (C=O) groups excluding carboxylic acids is 1. The molecule has 0 bridgehead atoms. The van der Waals surface area contributed by atoms with E-state index in [1.165, 1.54) is 12.1 Å². The zero-order chi connectivity index (χ0) is 16.9. The number of nitrogens with one attached hydrogen (secondary N) is 1. The fraction of sp³-hybridized carbons (Fsp3) is 0.471. The molecule has 0 radical (unpaired) electrons. The van der Waals surface area contributed by atoms with Crippen LogP contribution >= 0.6 is 0 Å². The van der Waals surface area contributed by atoms with E-state index in [1.54, 1.807) is 12.4 Å². The number of hydrogen-bond donors (Lipinski definition) is 1. The minimum atomic E-state index is -0.249. The van der Waals surface area contributed by atoms with Gasteiger partial charge >= 0.3 is 6.03 Å². The number of carbonyl (C=O) groups is 1. The normalized spacial score (nSPS) is 17.8. The fourth-order valence-corrected chi connectivity index (χ4v) is 3.15. The molecule has 1 aliphatic heterocycles. The maximum absolute atomic E-state index is 13.1. The molecule has 1 atom stereocenters. The molecule has 1 aromatic carbocycles. The second-order valence-corrected chi connectivity index (χ2v) is 6.20.